The molecule has 5 nitrogen and oxygen atoms in total. The van der Waals surface area contributed by atoms with Crippen molar-refractivity contribution in [3.8, 4) is 5.75 Å². The Hall–Kier alpha value is -3.38. The molecule has 31 heavy (non-hydrogen) atoms. The minimum Gasteiger partial charge on any atom is -0.484 e. The highest BCUT2D eigenvalue weighted by Gasteiger charge is 2.32. The quantitative estimate of drug-likeness (QED) is 0.439. The van der Waals surface area contributed by atoms with Gasteiger partial charge in [-0.3, -0.25) is 4.79 Å². The van der Waals surface area contributed by atoms with Crippen LogP contribution in [0.4, 0.5) is 0 Å². The molecule has 0 N–H and O–H groups in total. The second kappa shape index (κ2) is 8.04. The molecule has 5 rings (SSSR count). The number of rotatable bonds is 4. The third-order valence-electron chi connectivity index (χ3n) is 5.69. The number of thiophene rings is 1. The Labute approximate surface area is 183 Å². The summed E-state index contributed by atoms with van der Waals surface area (Å²) >= 11 is 1.75. The van der Waals surface area contributed by atoms with E-state index < -0.39 is 5.63 Å². The second-order valence-electron chi connectivity index (χ2n) is 7.64. The van der Waals surface area contributed by atoms with Crippen molar-refractivity contribution in [2.24, 2.45) is 0 Å². The number of nitrogens with zero attached hydrogens (tertiary/aromatic N) is 1. The highest BCUT2D eigenvalue weighted by molar-refractivity contribution is 7.10. The van der Waals surface area contributed by atoms with E-state index in [1.165, 1.54) is 16.5 Å². The fourth-order valence-corrected chi connectivity index (χ4v) is 5.11. The summed E-state index contributed by atoms with van der Waals surface area (Å²) in [7, 11) is 0. The molecule has 2 aromatic heterocycles. The average molecular weight is 432 g/mol. The van der Waals surface area contributed by atoms with Crippen LogP contribution in [0.15, 0.2) is 75.3 Å². The number of carbonyl (C=O) groups excluding carboxylic acids is 1. The molecule has 3 heterocycles. The van der Waals surface area contributed by atoms with E-state index in [4.69, 9.17) is 9.15 Å². The summed E-state index contributed by atoms with van der Waals surface area (Å²) in [5.74, 6) is 0.426. The number of benzene rings is 2. The Bertz CT molecular complexity index is 1310. The summed E-state index contributed by atoms with van der Waals surface area (Å²) < 4.78 is 11.1. The van der Waals surface area contributed by atoms with Crippen LogP contribution in [0.25, 0.3) is 11.0 Å². The van der Waals surface area contributed by atoms with Crippen molar-refractivity contribution in [3.05, 3.63) is 98.0 Å². The van der Waals surface area contributed by atoms with E-state index in [2.05, 4.69) is 23.6 Å². The summed E-state index contributed by atoms with van der Waals surface area (Å²) in [6, 6.07) is 18.9. The summed E-state index contributed by atoms with van der Waals surface area (Å²) in [5.41, 5.74) is 3.19. The van der Waals surface area contributed by atoms with Crippen molar-refractivity contribution >= 4 is 28.2 Å². The molecule has 4 aromatic rings. The fraction of sp³-hybridized carbons (Fsp3) is 0.200. The van der Waals surface area contributed by atoms with Gasteiger partial charge in [0.25, 0.3) is 5.91 Å². The van der Waals surface area contributed by atoms with E-state index in [9.17, 15) is 9.59 Å². The number of ether oxygens (including phenoxy) is 1. The Morgan fingerprint density at radius 3 is 2.84 bits per heavy atom. The molecule has 0 aliphatic carbocycles. The largest absolute Gasteiger partial charge is 0.484 e. The van der Waals surface area contributed by atoms with Crippen molar-refractivity contribution < 1.29 is 13.9 Å². The van der Waals surface area contributed by atoms with Crippen molar-refractivity contribution in [2.45, 2.75) is 19.4 Å². The number of carbonyl (C=O) groups is 1. The number of aryl methyl sites for hydroxylation is 1. The lowest BCUT2D eigenvalue weighted by Crippen LogP contribution is -2.42. The standard InChI is InChI=1S/C25H21NO4S/c1-16-13-24(28)30-21-14-18(7-8-19(16)21)29-15-23(27)26-11-9-22-20(10-12-31-22)25(26)17-5-3-2-4-6-17/h2-8,10,12-14,25H,9,11,15H2,1H3. The van der Waals surface area contributed by atoms with Gasteiger partial charge in [0.1, 0.15) is 11.3 Å². The molecule has 0 bridgehead atoms. The van der Waals surface area contributed by atoms with Crippen LogP contribution in [0.5, 0.6) is 5.75 Å². The minimum absolute atomic E-state index is 0.0727. The lowest BCUT2D eigenvalue weighted by Gasteiger charge is -2.36. The van der Waals surface area contributed by atoms with Gasteiger partial charge in [0.15, 0.2) is 6.61 Å². The van der Waals surface area contributed by atoms with E-state index in [1.54, 1.807) is 23.5 Å². The van der Waals surface area contributed by atoms with E-state index in [0.717, 1.165) is 22.9 Å². The SMILES string of the molecule is Cc1cc(=O)oc2cc(OCC(=O)N3CCc4sccc4C3c3ccccc3)ccc12. The van der Waals surface area contributed by atoms with Crippen molar-refractivity contribution in [2.75, 3.05) is 13.2 Å². The first kappa shape index (κ1) is 19.6. The van der Waals surface area contributed by atoms with Crippen LogP contribution in [0.1, 0.15) is 27.6 Å². The number of hydrogen-bond acceptors (Lipinski definition) is 5. The van der Waals surface area contributed by atoms with E-state index in [-0.39, 0.29) is 18.6 Å². The van der Waals surface area contributed by atoms with Gasteiger partial charge in [-0.2, -0.15) is 0 Å². The normalized spacial score (nSPS) is 15.6. The molecule has 0 radical (unpaired) electrons. The molecule has 0 saturated carbocycles. The molecule has 1 aliphatic heterocycles. The molecule has 2 aromatic carbocycles. The molecular weight excluding hydrogens is 410 g/mol. The van der Waals surface area contributed by atoms with Crippen LogP contribution >= 0.6 is 11.3 Å². The van der Waals surface area contributed by atoms with Gasteiger partial charge in [-0.15, -0.1) is 11.3 Å². The van der Waals surface area contributed by atoms with Gasteiger partial charge in [-0.25, -0.2) is 4.79 Å². The Morgan fingerprint density at radius 2 is 2.00 bits per heavy atom. The van der Waals surface area contributed by atoms with E-state index >= 15 is 0 Å². The molecular formula is C25H21NO4S. The first-order valence-electron chi connectivity index (χ1n) is 10.2. The topological polar surface area (TPSA) is 59.8 Å². The van der Waals surface area contributed by atoms with Crippen molar-refractivity contribution in [1.29, 1.82) is 0 Å². The average Bonchev–Trinajstić information content (AvgIpc) is 3.26. The van der Waals surface area contributed by atoms with E-state index in [1.807, 2.05) is 36.1 Å². The van der Waals surface area contributed by atoms with Crippen LogP contribution in [0, 0.1) is 6.92 Å². The van der Waals surface area contributed by atoms with Crippen LogP contribution in [-0.4, -0.2) is 24.0 Å². The Balaban J connectivity index is 1.38. The number of amides is 1. The summed E-state index contributed by atoms with van der Waals surface area (Å²) in [6.45, 7) is 2.44. The molecule has 0 saturated heterocycles. The molecule has 6 heteroatoms. The molecule has 0 fully saturated rings. The zero-order valence-corrected chi connectivity index (χ0v) is 17.9. The maximum atomic E-state index is 13.2. The molecule has 1 amide bonds. The van der Waals surface area contributed by atoms with Gasteiger partial charge in [-0.1, -0.05) is 30.3 Å². The number of hydrogen-bond donors (Lipinski definition) is 0. The second-order valence-corrected chi connectivity index (χ2v) is 8.65. The Morgan fingerprint density at radius 1 is 1.16 bits per heavy atom. The molecule has 1 atom stereocenters. The predicted molar refractivity (Wildman–Crippen MR) is 121 cm³/mol. The highest BCUT2D eigenvalue weighted by atomic mass is 32.1. The lowest BCUT2D eigenvalue weighted by molar-refractivity contribution is -0.135. The first-order chi connectivity index (χ1) is 15.1. The van der Waals surface area contributed by atoms with Crippen molar-refractivity contribution in [3.63, 3.8) is 0 Å². The Kier molecular flexibility index (Phi) is 5.08. The maximum Gasteiger partial charge on any atom is 0.336 e. The summed E-state index contributed by atoms with van der Waals surface area (Å²) in [5, 5.41) is 2.94. The van der Waals surface area contributed by atoms with Gasteiger partial charge >= 0.3 is 5.63 Å². The van der Waals surface area contributed by atoms with E-state index in [0.29, 0.717) is 17.9 Å². The monoisotopic (exact) mass is 431 g/mol. The summed E-state index contributed by atoms with van der Waals surface area (Å²) in [4.78, 5) is 28.1. The van der Waals surface area contributed by atoms with Crippen LogP contribution in [-0.2, 0) is 11.2 Å². The highest BCUT2D eigenvalue weighted by Crippen LogP contribution is 2.37. The maximum absolute atomic E-state index is 13.2. The third kappa shape index (κ3) is 3.75. The molecule has 0 spiro atoms. The first-order valence-corrected chi connectivity index (χ1v) is 11.1. The summed E-state index contributed by atoms with van der Waals surface area (Å²) in [6.07, 6.45) is 0.850. The molecule has 1 unspecified atom stereocenters. The molecule has 1 aliphatic rings. The van der Waals surface area contributed by atoms with Gasteiger partial charge < -0.3 is 14.1 Å². The van der Waals surface area contributed by atoms with Gasteiger partial charge in [0, 0.05) is 28.9 Å². The minimum atomic E-state index is -0.399. The predicted octanol–water partition coefficient (Wildman–Crippen LogP) is 4.72. The zero-order valence-electron chi connectivity index (χ0n) is 17.0. The smallest absolute Gasteiger partial charge is 0.336 e. The van der Waals surface area contributed by atoms with Gasteiger partial charge in [0.05, 0.1) is 6.04 Å². The van der Waals surface area contributed by atoms with Crippen LogP contribution in [0.3, 0.4) is 0 Å². The van der Waals surface area contributed by atoms with Crippen LogP contribution < -0.4 is 10.4 Å². The lowest BCUT2D eigenvalue weighted by atomic mass is 9.93. The molecule has 156 valence electrons. The van der Waals surface area contributed by atoms with Gasteiger partial charge in [0.2, 0.25) is 0 Å². The third-order valence-corrected chi connectivity index (χ3v) is 6.68. The van der Waals surface area contributed by atoms with Gasteiger partial charge in [-0.05, 0) is 53.6 Å². The van der Waals surface area contributed by atoms with Crippen LogP contribution in [0.2, 0.25) is 0 Å². The van der Waals surface area contributed by atoms with Crippen molar-refractivity contribution in [1.82, 2.24) is 4.90 Å². The number of fused-ring (bicyclic) bond motifs is 2. The fourth-order valence-electron chi connectivity index (χ4n) is 4.20. The zero-order chi connectivity index (χ0) is 21.4.